The second-order valence-electron chi connectivity index (χ2n) is 9.38. The molecule has 2 bridgehead atoms. The lowest BCUT2D eigenvalue weighted by molar-refractivity contribution is -0.931. The Labute approximate surface area is 197 Å². The minimum absolute atomic E-state index is 0. The van der Waals surface area contributed by atoms with Crippen LogP contribution >= 0.6 is 0 Å². The van der Waals surface area contributed by atoms with Gasteiger partial charge in [-0.15, -0.1) is 0 Å². The van der Waals surface area contributed by atoms with Crippen LogP contribution in [0.15, 0.2) is 48.5 Å². The molecule has 5 heteroatoms. The average molecular weight is 523 g/mol. The zero-order valence-corrected chi connectivity index (χ0v) is 20.6. The summed E-state index contributed by atoms with van der Waals surface area (Å²) in [5.41, 5.74) is 0.704. The van der Waals surface area contributed by atoms with Crippen LogP contribution in [0.2, 0.25) is 0 Å². The number of benzene rings is 2. The molecule has 0 aliphatic carbocycles. The summed E-state index contributed by atoms with van der Waals surface area (Å²) in [5.74, 6) is 2.04. The second-order valence-corrected chi connectivity index (χ2v) is 9.38. The van der Waals surface area contributed by atoms with E-state index in [0.29, 0.717) is 18.0 Å². The fourth-order valence-electron chi connectivity index (χ4n) is 5.74. The van der Waals surface area contributed by atoms with Gasteiger partial charge in [-0.3, -0.25) is 0 Å². The third-order valence-corrected chi connectivity index (χ3v) is 7.60. The number of hydrogen-bond donors (Lipinski definition) is 1. The summed E-state index contributed by atoms with van der Waals surface area (Å²) in [6, 6.07) is 17.2. The maximum atomic E-state index is 12.2. The van der Waals surface area contributed by atoms with E-state index in [9.17, 15) is 5.11 Å². The SMILES string of the molecule is COc1cccc(C(O)(C[C@H]2C[C@H]3CC[C@@H](C2)[N+]3(C)C)c2cccc(OC)c2)c1.[I-]. The molecule has 2 heterocycles. The molecule has 2 saturated heterocycles. The van der Waals surface area contributed by atoms with Crippen LogP contribution in [0.5, 0.6) is 11.5 Å². The highest BCUT2D eigenvalue weighted by Crippen LogP contribution is 2.47. The van der Waals surface area contributed by atoms with E-state index in [1.165, 1.54) is 25.7 Å². The molecule has 0 aromatic heterocycles. The van der Waals surface area contributed by atoms with E-state index in [2.05, 4.69) is 14.1 Å². The molecule has 0 amide bonds. The number of hydrogen-bond acceptors (Lipinski definition) is 3. The third-order valence-electron chi connectivity index (χ3n) is 7.60. The molecule has 2 aromatic carbocycles. The average Bonchev–Trinajstić information content (AvgIpc) is 2.89. The number of piperidine rings is 1. The maximum absolute atomic E-state index is 12.2. The van der Waals surface area contributed by atoms with Gasteiger partial charge in [0.25, 0.3) is 0 Å². The van der Waals surface area contributed by atoms with Crippen LogP contribution in [0.1, 0.15) is 43.2 Å². The first-order valence-corrected chi connectivity index (χ1v) is 10.7. The van der Waals surface area contributed by atoms with Crippen LogP contribution in [-0.2, 0) is 5.60 Å². The summed E-state index contributed by atoms with van der Waals surface area (Å²) in [7, 11) is 8.11. The van der Waals surface area contributed by atoms with Gasteiger partial charge in [-0.05, 0) is 47.7 Å². The molecule has 30 heavy (non-hydrogen) atoms. The fourth-order valence-corrected chi connectivity index (χ4v) is 5.74. The zero-order chi connectivity index (χ0) is 20.6. The number of quaternary nitrogens is 1. The predicted molar refractivity (Wildman–Crippen MR) is 115 cm³/mol. The summed E-state index contributed by atoms with van der Waals surface area (Å²) in [6.07, 6.45) is 5.70. The Morgan fingerprint density at radius 2 is 1.37 bits per heavy atom. The van der Waals surface area contributed by atoms with E-state index in [1.807, 2.05) is 48.5 Å². The number of ether oxygens (including phenoxy) is 2. The number of methoxy groups -OCH3 is 2. The summed E-state index contributed by atoms with van der Waals surface area (Å²) < 4.78 is 12.1. The van der Waals surface area contributed by atoms with Crippen LogP contribution in [0, 0.1) is 5.92 Å². The van der Waals surface area contributed by atoms with Crippen molar-refractivity contribution in [2.45, 2.75) is 49.8 Å². The van der Waals surface area contributed by atoms with E-state index in [1.54, 1.807) is 14.2 Å². The summed E-state index contributed by atoms with van der Waals surface area (Å²) in [4.78, 5) is 0. The molecule has 2 aromatic rings. The lowest BCUT2D eigenvalue weighted by Crippen LogP contribution is -3.00. The van der Waals surface area contributed by atoms with E-state index in [4.69, 9.17) is 9.47 Å². The molecule has 4 nitrogen and oxygen atoms in total. The van der Waals surface area contributed by atoms with Crippen LogP contribution in [-0.4, -0.2) is 50.0 Å². The van der Waals surface area contributed by atoms with Gasteiger partial charge in [0.2, 0.25) is 0 Å². The van der Waals surface area contributed by atoms with Gasteiger partial charge in [0.1, 0.15) is 17.1 Å². The molecule has 1 N–H and O–H groups in total. The van der Waals surface area contributed by atoms with Crippen LogP contribution < -0.4 is 33.5 Å². The van der Waals surface area contributed by atoms with Crippen LogP contribution in [0.3, 0.4) is 0 Å². The van der Waals surface area contributed by atoms with Gasteiger partial charge in [-0.25, -0.2) is 0 Å². The first-order valence-electron chi connectivity index (χ1n) is 10.7. The van der Waals surface area contributed by atoms with Gasteiger partial charge in [0, 0.05) is 25.7 Å². The highest BCUT2D eigenvalue weighted by molar-refractivity contribution is 5.42. The molecule has 0 spiro atoms. The topological polar surface area (TPSA) is 38.7 Å². The number of aliphatic hydroxyl groups is 1. The number of nitrogens with zero attached hydrogens (tertiary/aromatic N) is 1. The Balaban J connectivity index is 0.00000256. The van der Waals surface area contributed by atoms with Gasteiger partial charge in [0.15, 0.2) is 0 Å². The van der Waals surface area contributed by atoms with Gasteiger partial charge in [-0.2, -0.15) is 0 Å². The highest BCUT2D eigenvalue weighted by Gasteiger charge is 2.50. The second kappa shape index (κ2) is 9.05. The van der Waals surface area contributed by atoms with E-state index < -0.39 is 5.60 Å². The first kappa shape index (κ1) is 23.4. The molecule has 0 radical (unpaired) electrons. The first-order chi connectivity index (χ1) is 13.9. The largest absolute Gasteiger partial charge is 1.00 e. The minimum Gasteiger partial charge on any atom is -1.00 e. The Morgan fingerprint density at radius 1 is 0.900 bits per heavy atom. The smallest absolute Gasteiger partial charge is 0.119 e. The Bertz CT molecular complexity index is 805. The maximum Gasteiger partial charge on any atom is 0.119 e. The van der Waals surface area contributed by atoms with Gasteiger partial charge in [0.05, 0.1) is 40.4 Å². The molecular formula is C25H34INO3. The minimum atomic E-state index is -1.07. The summed E-state index contributed by atoms with van der Waals surface area (Å²) in [5, 5.41) is 12.2. The summed E-state index contributed by atoms with van der Waals surface area (Å²) >= 11 is 0. The molecule has 2 aliphatic rings. The Kier molecular flexibility index (Phi) is 7.04. The van der Waals surface area contributed by atoms with Crippen molar-refractivity contribution >= 4 is 0 Å². The fraction of sp³-hybridized carbons (Fsp3) is 0.520. The molecular weight excluding hydrogens is 489 g/mol. The van der Waals surface area contributed by atoms with Crippen molar-refractivity contribution in [1.29, 1.82) is 0 Å². The Hall–Kier alpha value is -1.31. The van der Waals surface area contributed by atoms with Crippen molar-refractivity contribution < 1.29 is 43.0 Å². The molecule has 2 fully saturated rings. The quantitative estimate of drug-likeness (QED) is 0.459. The number of halogens is 1. The van der Waals surface area contributed by atoms with Crippen LogP contribution in [0.25, 0.3) is 0 Å². The van der Waals surface area contributed by atoms with Crippen molar-refractivity contribution in [3.63, 3.8) is 0 Å². The number of fused-ring (bicyclic) bond motifs is 2. The lowest BCUT2D eigenvalue weighted by Gasteiger charge is -2.46. The van der Waals surface area contributed by atoms with E-state index in [0.717, 1.165) is 33.5 Å². The molecule has 2 aliphatic heterocycles. The molecule has 0 unspecified atom stereocenters. The summed E-state index contributed by atoms with van der Waals surface area (Å²) in [6.45, 7) is 0. The van der Waals surface area contributed by atoms with Crippen molar-refractivity contribution in [2.24, 2.45) is 5.92 Å². The van der Waals surface area contributed by atoms with Gasteiger partial charge in [-0.1, -0.05) is 24.3 Å². The van der Waals surface area contributed by atoms with Crippen LogP contribution in [0.4, 0.5) is 0 Å². The van der Waals surface area contributed by atoms with Gasteiger partial charge >= 0.3 is 0 Å². The normalized spacial score (nSPS) is 24.8. The zero-order valence-electron chi connectivity index (χ0n) is 18.5. The van der Waals surface area contributed by atoms with E-state index in [-0.39, 0.29) is 24.0 Å². The Morgan fingerprint density at radius 3 is 1.80 bits per heavy atom. The molecule has 0 saturated carbocycles. The predicted octanol–water partition coefficient (Wildman–Crippen LogP) is 1.35. The lowest BCUT2D eigenvalue weighted by atomic mass is 9.75. The van der Waals surface area contributed by atoms with Crippen molar-refractivity contribution in [3.8, 4) is 11.5 Å². The van der Waals surface area contributed by atoms with Gasteiger partial charge < -0.3 is 43.0 Å². The molecule has 3 atom stereocenters. The van der Waals surface area contributed by atoms with Crippen molar-refractivity contribution in [3.05, 3.63) is 59.7 Å². The highest BCUT2D eigenvalue weighted by atomic mass is 127. The van der Waals surface area contributed by atoms with Crippen molar-refractivity contribution in [1.82, 2.24) is 0 Å². The monoisotopic (exact) mass is 523 g/mol. The van der Waals surface area contributed by atoms with E-state index >= 15 is 0 Å². The number of rotatable bonds is 6. The molecule has 164 valence electrons. The molecule has 4 rings (SSSR count). The standard InChI is InChI=1S/C25H34NO3.HI/c1-26(2)21-11-12-22(26)14-18(13-21)17-25(27,19-7-5-9-23(15-19)28-3)20-8-6-10-24(16-20)29-4;/h5-10,15-16,18,21-22,27H,11-14,17H2,1-4H3;1H/q+1;/p-1/t18-,21+,22-;. The van der Waals surface area contributed by atoms with Crippen molar-refractivity contribution in [2.75, 3.05) is 28.3 Å². The third kappa shape index (κ3) is 4.21.